The number of aromatic nitrogens is 3. The highest BCUT2D eigenvalue weighted by molar-refractivity contribution is 7.23. The first-order chi connectivity index (χ1) is 24.4. The highest BCUT2D eigenvalue weighted by Crippen LogP contribution is 2.48. The van der Waals surface area contributed by atoms with E-state index >= 15 is 8.78 Å². The Bertz CT molecular complexity index is 2170. The number of nitrogen functional groups attached to an aromatic ring is 1. The second-order valence-electron chi connectivity index (χ2n) is 15.5. The van der Waals surface area contributed by atoms with E-state index in [0.29, 0.717) is 47.8 Å². The Hall–Kier alpha value is -4.39. The summed E-state index contributed by atoms with van der Waals surface area (Å²) in [6, 6.07) is 2.33. The number of rotatable bonds is 3. The third-order valence-electron chi connectivity index (χ3n) is 11.3. The number of amides is 1. The van der Waals surface area contributed by atoms with Crippen molar-refractivity contribution in [2.75, 3.05) is 55.3 Å². The summed E-state index contributed by atoms with van der Waals surface area (Å²) in [5, 5.41) is 10.9. The predicted molar refractivity (Wildman–Crippen MR) is 190 cm³/mol. The lowest BCUT2D eigenvalue weighted by molar-refractivity contribution is 0.0209. The molecule has 3 unspecified atom stereocenters. The SMILES string of the molecule is CN1CC[C@H]2CN(c3nc(N4C5CCC4CN(C(=O)OC(C)(C)C)C5)c4c5c(c(-c6ncc(F)c7sc(N)c(C#N)c67)c(F)c4n3)COC5)CC21. The maximum Gasteiger partial charge on any atom is 0.410 e. The molecule has 0 aliphatic carbocycles. The molecule has 5 aliphatic rings. The monoisotopic (exact) mass is 715 g/mol. The summed E-state index contributed by atoms with van der Waals surface area (Å²) in [4.78, 5) is 36.5. The number of likely N-dealkylation sites (N-methyl/N-ethyl adjacent to an activating group) is 1. The van der Waals surface area contributed by atoms with Gasteiger partial charge in [0.25, 0.3) is 0 Å². The highest BCUT2D eigenvalue weighted by atomic mass is 32.1. The van der Waals surface area contributed by atoms with Gasteiger partial charge in [0.1, 0.15) is 28.0 Å². The number of halogens is 2. The van der Waals surface area contributed by atoms with Crippen LogP contribution in [0.15, 0.2) is 6.20 Å². The van der Waals surface area contributed by atoms with Crippen LogP contribution in [0.25, 0.3) is 32.2 Å². The van der Waals surface area contributed by atoms with Crippen LogP contribution in [0.2, 0.25) is 0 Å². The number of benzene rings is 1. The van der Waals surface area contributed by atoms with E-state index < -0.39 is 17.2 Å². The zero-order chi connectivity index (χ0) is 35.5. The van der Waals surface area contributed by atoms with Gasteiger partial charge < -0.3 is 34.8 Å². The first-order valence-electron chi connectivity index (χ1n) is 17.5. The normalized spacial score (nSPS) is 24.5. The van der Waals surface area contributed by atoms with E-state index in [1.165, 1.54) is 0 Å². The zero-order valence-electron chi connectivity index (χ0n) is 29.0. The van der Waals surface area contributed by atoms with Crippen molar-refractivity contribution in [3.8, 4) is 17.3 Å². The Kier molecular flexibility index (Phi) is 7.37. The second-order valence-corrected chi connectivity index (χ2v) is 16.6. The number of thiophene rings is 1. The quantitative estimate of drug-likeness (QED) is 0.292. The summed E-state index contributed by atoms with van der Waals surface area (Å²) in [6.07, 6.45) is 3.48. The summed E-state index contributed by atoms with van der Waals surface area (Å²) in [5.41, 5.74) is 7.36. The van der Waals surface area contributed by atoms with E-state index in [2.05, 4.69) is 32.8 Å². The van der Waals surface area contributed by atoms with Gasteiger partial charge in [0, 0.05) is 55.3 Å². The number of hydrogen-bond donors (Lipinski definition) is 1. The Morgan fingerprint density at radius 2 is 1.82 bits per heavy atom. The number of nitrogens with two attached hydrogens (primary N) is 1. The van der Waals surface area contributed by atoms with Crippen molar-refractivity contribution in [3.63, 3.8) is 0 Å². The van der Waals surface area contributed by atoms with Gasteiger partial charge in [-0.3, -0.25) is 4.98 Å². The number of piperazine rings is 1. The number of carbonyl (C=O) groups excluding carboxylic acids is 1. The largest absolute Gasteiger partial charge is 0.444 e. The third-order valence-corrected chi connectivity index (χ3v) is 12.3. The molecule has 0 radical (unpaired) electrons. The van der Waals surface area contributed by atoms with Gasteiger partial charge in [0.2, 0.25) is 5.95 Å². The fourth-order valence-electron chi connectivity index (χ4n) is 9.02. The van der Waals surface area contributed by atoms with Crippen molar-refractivity contribution in [2.45, 2.75) is 77.0 Å². The average Bonchev–Trinajstić information content (AvgIpc) is 3.90. The van der Waals surface area contributed by atoms with Crippen LogP contribution < -0.4 is 15.5 Å². The molecule has 4 atom stereocenters. The molecule has 1 aromatic carbocycles. The standard InChI is InChI=1S/C36H39F2N9O3S/c1-36(2,3)50-35(48)46-12-18-5-6-19(13-46)47(18)33-27-22-16-49-15-21(22)25(29-26-20(9-39)32(40)51-31(26)23(37)10-41-29)28(38)30(27)42-34(43-33)45-11-17-7-8-44(4)24(17)14-45/h10,17-19,24H,5-8,11-16,40H2,1-4H3/t17-,18?,19?,24?/m0/s1. The van der Waals surface area contributed by atoms with Crippen LogP contribution in [0.1, 0.15) is 56.7 Å². The fourth-order valence-corrected chi connectivity index (χ4v) is 9.94. The molecule has 4 aromatic rings. The van der Waals surface area contributed by atoms with Crippen molar-refractivity contribution in [2.24, 2.45) is 5.92 Å². The van der Waals surface area contributed by atoms with Crippen LogP contribution in [-0.4, -0.2) is 94.3 Å². The number of hydrogen-bond acceptors (Lipinski definition) is 12. The van der Waals surface area contributed by atoms with Gasteiger partial charge in [-0.2, -0.15) is 10.2 Å². The lowest BCUT2D eigenvalue weighted by Crippen LogP contribution is -2.56. The summed E-state index contributed by atoms with van der Waals surface area (Å²) >= 11 is 0.949. The van der Waals surface area contributed by atoms with Gasteiger partial charge in [-0.05, 0) is 70.7 Å². The predicted octanol–water partition coefficient (Wildman–Crippen LogP) is 5.40. The second kappa shape index (κ2) is 11.6. The Morgan fingerprint density at radius 3 is 2.53 bits per heavy atom. The Balaban J connectivity index is 1.24. The molecule has 3 aromatic heterocycles. The van der Waals surface area contributed by atoms with E-state index in [4.69, 9.17) is 25.2 Å². The minimum Gasteiger partial charge on any atom is -0.444 e. The fraction of sp³-hybridized carbons (Fsp3) is 0.528. The van der Waals surface area contributed by atoms with Crippen molar-refractivity contribution >= 4 is 55.2 Å². The van der Waals surface area contributed by atoms with Crippen LogP contribution in [0, 0.1) is 28.9 Å². The molecule has 1 amide bonds. The number of pyridine rings is 1. The maximum atomic E-state index is 17.6. The summed E-state index contributed by atoms with van der Waals surface area (Å²) in [7, 11) is 2.14. The van der Waals surface area contributed by atoms with E-state index in [-0.39, 0.29) is 68.8 Å². The van der Waals surface area contributed by atoms with Crippen LogP contribution in [0.4, 0.5) is 30.3 Å². The van der Waals surface area contributed by atoms with Crippen LogP contribution >= 0.6 is 11.3 Å². The van der Waals surface area contributed by atoms with E-state index in [9.17, 15) is 10.1 Å². The molecule has 9 rings (SSSR count). The summed E-state index contributed by atoms with van der Waals surface area (Å²) < 4.78 is 44.6. The van der Waals surface area contributed by atoms with Crippen LogP contribution in [0.5, 0.6) is 0 Å². The topological polar surface area (TPSA) is 137 Å². The number of nitrogens with zero attached hydrogens (tertiary/aromatic N) is 8. The van der Waals surface area contributed by atoms with Crippen LogP contribution in [-0.2, 0) is 22.7 Å². The average molecular weight is 716 g/mol. The number of ether oxygens (including phenoxy) is 2. The van der Waals surface area contributed by atoms with Crippen molar-refractivity contribution in [1.29, 1.82) is 5.26 Å². The highest BCUT2D eigenvalue weighted by Gasteiger charge is 2.46. The van der Waals surface area contributed by atoms with E-state index in [1.807, 2.05) is 20.8 Å². The van der Waals surface area contributed by atoms with Crippen molar-refractivity contribution in [3.05, 3.63) is 34.5 Å². The molecule has 266 valence electrons. The first kappa shape index (κ1) is 32.5. The third kappa shape index (κ3) is 5.01. The zero-order valence-corrected chi connectivity index (χ0v) is 29.8. The van der Waals surface area contributed by atoms with E-state index in [1.54, 1.807) is 4.90 Å². The van der Waals surface area contributed by atoms with Gasteiger partial charge in [-0.15, -0.1) is 11.3 Å². The van der Waals surface area contributed by atoms with Gasteiger partial charge in [0.05, 0.1) is 40.8 Å². The Morgan fingerprint density at radius 1 is 1.08 bits per heavy atom. The molecule has 0 saturated carbocycles. The summed E-state index contributed by atoms with van der Waals surface area (Å²) in [6.45, 7) is 9.33. The number of fused-ring (bicyclic) bond motifs is 7. The number of anilines is 3. The molecular formula is C36H39F2N9O3S. The van der Waals surface area contributed by atoms with Gasteiger partial charge in [0.15, 0.2) is 11.6 Å². The smallest absolute Gasteiger partial charge is 0.410 e. The molecule has 15 heteroatoms. The van der Waals surface area contributed by atoms with E-state index in [0.717, 1.165) is 62.0 Å². The molecule has 8 heterocycles. The maximum absolute atomic E-state index is 17.6. The molecule has 51 heavy (non-hydrogen) atoms. The molecule has 5 aliphatic heterocycles. The molecule has 4 fully saturated rings. The Labute approximate surface area is 297 Å². The van der Waals surface area contributed by atoms with Crippen molar-refractivity contribution < 1.29 is 23.0 Å². The minimum absolute atomic E-state index is 0.0580. The molecule has 2 N–H and O–H groups in total. The first-order valence-corrected chi connectivity index (χ1v) is 18.3. The number of nitriles is 1. The molecular weight excluding hydrogens is 677 g/mol. The lowest BCUT2D eigenvalue weighted by Gasteiger charge is -2.42. The van der Waals surface area contributed by atoms with Crippen molar-refractivity contribution in [1.82, 2.24) is 24.8 Å². The van der Waals surface area contributed by atoms with Crippen LogP contribution in [0.3, 0.4) is 0 Å². The molecule has 4 saturated heterocycles. The number of likely N-dealkylation sites (tertiary alicyclic amines) is 2. The summed E-state index contributed by atoms with van der Waals surface area (Å²) in [5.74, 6) is 0.305. The minimum atomic E-state index is -0.626. The molecule has 0 spiro atoms. The van der Waals surface area contributed by atoms with Gasteiger partial charge in [-0.1, -0.05) is 0 Å². The lowest BCUT2D eigenvalue weighted by atomic mass is 9.93. The van der Waals surface area contributed by atoms with Gasteiger partial charge in [-0.25, -0.2) is 18.6 Å². The molecule has 12 nitrogen and oxygen atoms in total. The van der Waals surface area contributed by atoms with Gasteiger partial charge >= 0.3 is 6.09 Å². The number of carbonyl (C=O) groups is 1. The molecule has 2 bridgehead atoms.